The van der Waals surface area contributed by atoms with Gasteiger partial charge in [-0.05, 0) is 18.1 Å². The Bertz CT molecular complexity index is 902. The smallest absolute Gasteiger partial charge is 0.255 e. The summed E-state index contributed by atoms with van der Waals surface area (Å²) in [6.07, 6.45) is 2.53. The fourth-order valence-electron chi connectivity index (χ4n) is 3.15. The number of aromatic nitrogens is 2. The second-order valence-corrected chi connectivity index (χ2v) is 6.22. The summed E-state index contributed by atoms with van der Waals surface area (Å²) in [5.41, 5.74) is 3.32. The number of ether oxygens (including phenoxy) is 1. The summed E-state index contributed by atoms with van der Waals surface area (Å²) < 4.78 is 7.43. The summed E-state index contributed by atoms with van der Waals surface area (Å²) in [5, 5.41) is 7.54. The Balaban J connectivity index is 1.55. The Kier molecular flexibility index (Phi) is 3.98. The van der Waals surface area contributed by atoms with Crippen LogP contribution >= 0.6 is 0 Å². The molecule has 0 aliphatic carbocycles. The Labute approximate surface area is 146 Å². The third kappa shape index (κ3) is 3.13. The van der Waals surface area contributed by atoms with Crippen molar-refractivity contribution in [2.24, 2.45) is 7.05 Å². The summed E-state index contributed by atoms with van der Waals surface area (Å²) in [5.74, 6) is 0.777. The molecule has 3 aromatic rings. The first-order valence-electron chi connectivity index (χ1n) is 8.31. The maximum atomic E-state index is 12.8. The molecular formula is C20H19N3O2. The van der Waals surface area contributed by atoms with Crippen molar-refractivity contribution in [3.8, 4) is 17.0 Å². The number of carbonyl (C=O) groups excluding carboxylic acids is 1. The molecule has 126 valence electrons. The number of para-hydroxylation sites is 1. The molecular weight excluding hydrogens is 314 g/mol. The van der Waals surface area contributed by atoms with Gasteiger partial charge in [-0.2, -0.15) is 5.10 Å². The average molecular weight is 333 g/mol. The van der Waals surface area contributed by atoms with E-state index < -0.39 is 0 Å². The molecule has 0 bridgehead atoms. The van der Waals surface area contributed by atoms with Crippen LogP contribution in [0.5, 0.6) is 5.75 Å². The molecule has 0 fully saturated rings. The third-order valence-corrected chi connectivity index (χ3v) is 4.33. The molecule has 0 unspecified atom stereocenters. The lowest BCUT2D eigenvalue weighted by molar-refractivity contribution is 0.0916. The van der Waals surface area contributed by atoms with E-state index in [1.807, 2.05) is 61.6 Å². The Morgan fingerprint density at radius 2 is 1.92 bits per heavy atom. The summed E-state index contributed by atoms with van der Waals surface area (Å²) in [6, 6.07) is 17.6. The number of rotatable bonds is 3. The van der Waals surface area contributed by atoms with Gasteiger partial charge in [0.2, 0.25) is 0 Å². The van der Waals surface area contributed by atoms with E-state index in [0.717, 1.165) is 23.3 Å². The molecule has 0 saturated carbocycles. The highest BCUT2D eigenvalue weighted by Crippen LogP contribution is 2.25. The molecule has 2 aromatic carbocycles. The molecule has 1 atom stereocenters. The van der Waals surface area contributed by atoms with Crippen LogP contribution in [0, 0.1) is 0 Å². The number of carbonyl (C=O) groups is 1. The first-order valence-corrected chi connectivity index (χ1v) is 8.31. The van der Waals surface area contributed by atoms with Crippen molar-refractivity contribution in [1.29, 1.82) is 0 Å². The largest absolute Gasteiger partial charge is 0.491 e. The predicted molar refractivity (Wildman–Crippen MR) is 95.5 cm³/mol. The average Bonchev–Trinajstić information content (AvgIpc) is 3.04. The summed E-state index contributed by atoms with van der Waals surface area (Å²) >= 11 is 0. The highest BCUT2D eigenvalue weighted by Gasteiger charge is 2.24. The minimum Gasteiger partial charge on any atom is -0.491 e. The van der Waals surface area contributed by atoms with Gasteiger partial charge in [0.1, 0.15) is 18.1 Å². The highest BCUT2D eigenvalue weighted by atomic mass is 16.5. The van der Waals surface area contributed by atoms with Crippen molar-refractivity contribution in [2.75, 3.05) is 6.61 Å². The van der Waals surface area contributed by atoms with Gasteiger partial charge in [0.05, 0.1) is 11.6 Å². The van der Waals surface area contributed by atoms with Crippen LogP contribution in [0.3, 0.4) is 0 Å². The lowest BCUT2D eigenvalue weighted by atomic mass is 10.0. The zero-order chi connectivity index (χ0) is 17.2. The van der Waals surface area contributed by atoms with Crippen molar-refractivity contribution in [2.45, 2.75) is 12.5 Å². The fraction of sp³-hybridized carbons (Fsp3) is 0.200. The number of fused-ring (bicyclic) bond motifs is 1. The zero-order valence-electron chi connectivity index (χ0n) is 14.0. The van der Waals surface area contributed by atoms with E-state index in [9.17, 15) is 4.79 Å². The second-order valence-electron chi connectivity index (χ2n) is 6.22. The molecule has 0 saturated heterocycles. The maximum Gasteiger partial charge on any atom is 0.255 e. The fourth-order valence-corrected chi connectivity index (χ4v) is 3.15. The molecule has 5 heteroatoms. The van der Waals surface area contributed by atoms with Crippen LogP contribution in [-0.4, -0.2) is 28.3 Å². The number of benzene rings is 2. The lowest BCUT2D eigenvalue weighted by Crippen LogP contribution is -2.42. The van der Waals surface area contributed by atoms with Crippen molar-refractivity contribution in [3.05, 3.63) is 71.9 Å². The van der Waals surface area contributed by atoms with E-state index in [4.69, 9.17) is 4.74 Å². The van der Waals surface area contributed by atoms with Crippen LogP contribution in [0.25, 0.3) is 11.3 Å². The van der Waals surface area contributed by atoms with Crippen molar-refractivity contribution in [3.63, 3.8) is 0 Å². The topological polar surface area (TPSA) is 56.2 Å². The highest BCUT2D eigenvalue weighted by molar-refractivity contribution is 6.00. The molecule has 2 heterocycles. The molecule has 0 radical (unpaired) electrons. The maximum absolute atomic E-state index is 12.8. The van der Waals surface area contributed by atoms with Gasteiger partial charge >= 0.3 is 0 Å². The van der Waals surface area contributed by atoms with Gasteiger partial charge in [0, 0.05) is 18.8 Å². The summed E-state index contributed by atoms with van der Waals surface area (Å²) in [6.45, 7) is 0.476. The first-order chi connectivity index (χ1) is 12.2. The van der Waals surface area contributed by atoms with E-state index in [2.05, 4.69) is 10.4 Å². The second kappa shape index (κ2) is 6.43. The van der Waals surface area contributed by atoms with Gasteiger partial charge in [-0.25, -0.2) is 0 Å². The van der Waals surface area contributed by atoms with Gasteiger partial charge in [-0.15, -0.1) is 0 Å². The van der Waals surface area contributed by atoms with E-state index in [1.54, 1.807) is 10.9 Å². The van der Waals surface area contributed by atoms with Crippen molar-refractivity contribution < 1.29 is 9.53 Å². The van der Waals surface area contributed by atoms with Crippen molar-refractivity contribution >= 4 is 5.91 Å². The van der Waals surface area contributed by atoms with Gasteiger partial charge in [0.25, 0.3) is 5.91 Å². The molecule has 1 aliphatic rings. The minimum absolute atomic E-state index is 0.0498. The van der Waals surface area contributed by atoms with Crippen molar-refractivity contribution in [1.82, 2.24) is 15.1 Å². The summed E-state index contributed by atoms with van der Waals surface area (Å²) in [7, 11) is 1.82. The van der Waals surface area contributed by atoms with E-state index in [-0.39, 0.29) is 11.9 Å². The number of amides is 1. The lowest BCUT2D eigenvalue weighted by Gasteiger charge is -2.26. The summed E-state index contributed by atoms with van der Waals surface area (Å²) in [4.78, 5) is 12.8. The van der Waals surface area contributed by atoms with Crippen LogP contribution < -0.4 is 10.1 Å². The minimum atomic E-state index is -0.125. The predicted octanol–water partition coefficient (Wildman–Crippen LogP) is 2.82. The molecule has 1 amide bonds. The van der Waals surface area contributed by atoms with E-state index >= 15 is 0 Å². The Morgan fingerprint density at radius 3 is 2.76 bits per heavy atom. The number of hydrogen-bond acceptors (Lipinski definition) is 3. The van der Waals surface area contributed by atoms with Gasteiger partial charge in [-0.1, -0.05) is 48.5 Å². The molecule has 1 aliphatic heterocycles. The van der Waals surface area contributed by atoms with E-state index in [0.29, 0.717) is 17.9 Å². The van der Waals surface area contributed by atoms with Gasteiger partial charge in [-0.3, -0.25) is 9.48 Å². The normalized spacial score (nSPS) is 16.0. The van der Waals surface area contributed by atoms with Gasteiger partial charge in [0.15, 0.2) is 0 Å². The number of nitrogens with one attached hydrogen (secondary N) is 1. The number of aryl methyl sites for hydroxylation is 1. The van der Waals surface area contributed by atoms with Crippen LogP contribution in [-0.2, 0) is 13.5 Å². The van der Waals surface area contributed by atoms with Crippen LogP contribution in [0.15, 0.2) is 60.8 Å². The van der Waals surface area contributed by atoms with Crippen LogP contribution in [0.2, 0.25) is 0 Å². The molecule has 1 N–H and O–H groups in total. The van der Waals surface area contributed by atoms with Gasteiger partial charge < -0.3 is 10.1 Å². The SMILES string of the molecule is Cn1cc(C(=O)N[C@@H]2COc3ccccc3C2)c(-c2ccccc2)n1. The van der Waals surface area contributed by atoms with E-state index in [1.165, 1.54) is 0 Å². The zero-order valence-corrected chi connectivity index (χ0v) is 14.0. The Morgan fingerprint density at radius 1 is 1.16 bits per heavy atom. The molecule has 5 nitrogen and oxygen atoms in total. The number of hydrogen-bond donors (Lipinski definition) is 1. The molecule has 0 spiro atoms. The quantitative estimate of drug-likeness (QED) is 0.802. The number of nitrogens with zero attached hydrogens (tertiary/aromatic N) is 2. The molecule has 4 rings (SSSR count). The van der Waals surface area contributed by atoms with Crippen LogP contribution in [0.1, 0.15) is 15.9 Å². The third-order valence-electron chi connectivity index (χ3n) is 4.33. The molecule has 25 heavy (non-hydrogen) atoms. The monoisotopic (exact) mass is 333 g/mol. The Hall–Kier alpha value is -3.08. The molecule has 1 aromatic heterocycles. The standard InChI is InChI=1S/C20H19N3O2/c1-23-12-17(19(22-23)14-7-3-2-4-8-14)20(24)21-16-11-15-9-5-6-10-18(15)25-13-16/h2-10,12,16H,11,13H2,1H3,(H,21,24)/t16-/m0/s1. The van der Waals surface area contributed by atoms with Crippen LogP contribution in [0.4, 0.5) is 0 Å². The first kappa shape index (κ1) is 15.4.